The first kappa shape index (κ1) is 20.8. The molecule has 0 saturated carbocycles. The van der Waals surface area contributed by atoms with Gasteiger partial charge in [0.05, 0.1) is 22.3 Å². The van der Waals surface area contributed by atoms with Crippen molar-refractivity contribution in [3.63, 3.8) is 0 Å². The number of benzene rings is 2. The van der Waals surface area contributed by atoms with Gasteiger partial charge in [-0.15, -0.1) is 11.3 Å². The van der Waals surface area contributed by atoms with Crippen LogP contribution in [0, 0.1) is 0 Å². The van der Waals surface area contributed by atoms with Crippen LogP contribution in [-0.2, 0) is 0 Å². The molecule has 5 rings (SSSR count). The molecule has 0 radical (unpaired) electrons. The molecule has 0 aliphatic heterocycles. The summed E-state index contributed by atoms with van der Waals surface area (Å²) in [4.78, 5) is 18.0. The lowest BCUT2D eigenvalue weighted by molar-refractivity contribution is 0.104. The van der Waals surface area contributed by atoms with Crippen molar-refractivity contribution in [2.45, 2.75) is 6.92 Å². The number of fused-ring (bicyclic) bond motifs is 1. The van der Waals surface area contributed by atoms with Crippen LogP contribution in [-0.4, -0.2) is 26.9 Å². The van der Waals surface area contributed by atoms with Gasteiger partial charge in [0.2, 0.25) is 5.78 Å². The number of carbonyl (C=O) groups is 1. The molecule has 5 nitrogen and oxygen atoms in total. The molecule has 0 aliphatic carbocycles. The number of aromatic nitrogens is 3. The number of rotatable bonds is 7. The van der Waals surface area contributed by atoms with Gasteiger partial charge in [0, 0.05) is 24.0 Å². The van der Waals surface area contributed by atoms with E-state index < -0.39 is 0 Å². The summed E-state index contributed by atoms with van der Waals surface area (Å²) in [7, 11) is 0. The van der Waals surface area contributed by atoms with Crippen molar-refractivity contribution in [2.75, 3.05) is 11.9 Å². The maximum absolute atomic E-state index is 12.9. The van der Waals surface area contributed by atoms with Gasteiger partial charge >= 0.3 is 0 Å². The maximum Gasteiger partial charge on any atom is 0.208 e. The molecule has 0 atom stereocenters. The fourth-order valence-corrected chi connectivity index (χ4v) is 4.40. The first-order valence-electron chi connectivity index (χ1n) is 10.7. The minimum absolute atomic E-state index is 0.0549. The molecule has 1 N–H and O–H groups in total. The normalized spacial score (nSPS) is 11.6. The van der Waals surface area contributed by atoms with Crippen molar-refractivity contribution in [3.05, 3.63) is 112 Å². The second-order valence-electron chi connectivity index (χ2n) is 7.77. The van der Waals surface area contributed by atoms with Crippen LogP contribution in [0.2, 0.25) is 0 Å². The molecule has 3 aromatic heterocycles. The van der Waals surface area contributed by atoms with E-state index in [1.807, 2.05) is 60.0 Å². The Morgan fingerprint density at radius 3 is 2.76 bits per heavy atom. The first-order valence-corrected chi connectivity index (χ1v) is 11.5. The van der Waals surface area contributed by atoms with E-state index in [1.165, 1.54) is 22.5 Å². The van der Waals surface area contributed by atoms with Crippen molar-refractivity contribution in [2.24, 2.45) is 0 Å². The van der Waals surface area contributed by atoms with Gasteiger partial charge in [0.25, 0.3) is 0 Å². The Bertz CT molecular complexity index is 1440. The lowest BCUT2D eigenvalue weighted by Crippen LogP contribution is -2.03. The highest BCUT2D eigenvalue weighted by Crippen LogP contribution is 2.25. The van der Waals surface area contributed by atoms with Gasteiger partial charge in [-0.05, 0) is 42.1 Å². The van der Waals surface area contributed by atoms with Gasteiger partial charge in [-0.3, -0.25) is 4.79 Å². The van der Waals surface area contributed by atoms with E-state index in [1.54, 1.807) is 16.9 Å². The third kappa shape index (κ3) is 4.47. The summed E-state index contributed by atoms with van der Waals surface area (Å²) in [5, 5.41) is 9.88. The second-order valence-corrected chi connectivity index (χ2v) is 8.71. The van der Waals surface area contributed by atoms with Crippen LogP contribution in [0.1, 0.15) is 27.7 Å². The molecule has 3 heterocycles. The topological polar surface area (TPSA) is 59.3 Å². The third-order valence-electron chi connectivity index (χ3n) is 5.33. The van der Waals surface area contributed by atoms with Crippen LogP contribution in [0.5, 0.6) is 0 Å². The van der Waals surface area contributed by atoms with Gasteiger partial charge in [-0.25, -0.2) is 9.50 Å². The van der Waals surface area contributed by atoms with Crippen molar-refractivity contribution in [1.29, 1.82) is 0 Å². The number of anilines is 1. The zero-order valence-electron chi connectivity index (χ0n) is 18.1. The summed E-state index contributed by atoms with van der Waals surface area (Å²) in [5.74, 6) is -0.0549. The SMILES string of the molecule is C/C(=C\c1ccccc1)CNc1cccc(-c2ccnc3c(C(=O)c4cccs4)cnn23)c1. The predicted octanol–water partition coefficient (Wildman–Crippen LogP) is 6.20. The highest BCUT2D eigenvalue weighted by molar-refractivity contribution is 7.12. The number of carbonyl (C=O) groups excluding carboxylic acids is 1. The fraction of sp³-hybridized carbons (Fsp3) is 0.0741. The summed E-state index contributed by atoms with van der Waals surface area (Å²) < 4.78 is 1.74. The molecular weight excluding hydrogens is 428 g/mol. The van der Waals surface area contributed by atoms with Crippen LogP contribution in [0.15, 0.2) is 96.1 Å². The average Bonchev–Trinajstić information content (AvgIpc) is 3.54. The van der Waals surface area contributed by atoms with E-state index in [4.69, 9.17) is 0 Å². The van der Waals surface area contributed by atoms with E-state index in [2.05, 4.69) is 46.6 Å². The number of ketones is 1. The lowest BCUT2D eigenvalue weighted by Gasteiger charge is -2.10. The Balaban J connectivity index is 1.40. The molecular formula is C27H22N4OS. The summed E-state index contributed by atoms with van der Waals surface area (Å²) in [6, 6.07) is 24.1. The number of hydrogen-bond donors (Lipinski definition) is 1. The lowest BCUT2D eigenvalue weighted by atomic mass is 10.1. The molecule has 0 unspecified atom stereocenters. The van der Waals surface area contributed by atoms with Gasteiger partial charge in [0.1, 0.15) is 0 Å². The molecule has 162 valence electrons. The summed E-state index contributed by atoms with van der Waals surface area (Å²) in [6.45, 7) is 2.86. The largest absolute Gasteiger partial charge is 0.381 e. The van der Waals surface area contributed by atoms with Crippen LogP contribution in [0.4, 0.5) is 5.69 Å². The Kier molecular flexibility index (Phi) is 5.83. The van der Waals surface area contributed by atoms with Crippen molar-refractivity contribution < 1.29 is 4.79 Å². The molecule has 0 amide bonds. The second kappa shape index (κ2) is 9.22. The maximum atomic E-state index is 12.9. The quantitative estimate of drug-likeness (QED) is 0.300. The predicted molar refractivity (Wildman–Crippen MR) is 135 cm³/mol. The van der Waals surface area contributed by atoms with Crippen LogP contribution in [0.25, 0.3) is 23.0 Å². The first-order chi connectivity index (χ1) is 16.2. The van der Waals surface area contributed by atoms with E-state index in [9.17, 15) is 4.79 Å². The van der Waals surface area contributed by atoms with E-state index in [0.717, 1.165) is 23.5 Å². The zero-order valence-corrected chi connectivity index (χ0v) is 18.9. The Morgan fingerprint density at radius 2 is 1.94 bits per heavy atom. The molecule has 33 heavy (non-hydrogen) atoms. The minimum Gasteiger partial charge on any atom is -0.381 e. The van der Waals surface area contributed by atoms with Crippen molar-refractivity contribution in [1.82, 2.24) is 14.6 Å². The van der Waals surface area contributed by atoms with Crippen LogP contribution >= 0.6 is 11.3 Å². The number of hydrogen-bond acceptors (Lipinski definition) is 5. The van der Waals surface area contributed by atoms with E-state index in [0.29, 0.717) is 16.1 Å². The summed E-state index contributed by atoms with van der Waals surface area (Å²) >= 11 is 1.42. The smallest absolute Gasteiger partial charge is 0.208 e. The van der Waals surface area contributed by atoms with Gasteiger partial charge in [-0.2, -0.15) is 5.10 Å². The fourth-order valence-electron chi connectivity index (χ4n) is 3.73. The van der Waals surface area contributed by atoms with Gasteiger partial charge < -0.3 is 5.32 Å². The number of nitrogens with one attached hydrogen (secondary N) is 1. The molecule has 6 heteroatoms. The summed E-state index contributed by atoms with van der Waals surface area (Å²) in [5.41, 5.74) is 6.39. The third-order valence-corrected chi connectivity index (χ3v) is 6.20. The average molecular weight is 451 g/mol. The molecule has 0 aliphatic rings. The van der Waals surface area contributed by atoms with Crippen LogP contribution < -0.4 is 5.32 Å². The Labute approximate surface area is 196 Å². The van der Waals surface area contributed by atoms with Crippen molar-refractivity contribution in [3.8, 4) is 11.3 Å². The zero-order chi connectivity index (χ0) is 22.6. The molecule has 0 bridgehead atoms. The van der Waals surface area contributed by atoms with Gasteiger partial charge in [0.15, 0.2) is 5.65 Å². The molecule has 0 spiro atoms. The highest BCUT2D eigenvalue weighted by Gasteiger charge is 2.18. The molecule has 5 aromatic rings. The van der Waals surface area contributed by atoms with E-state index >= 15 is 0 Å². The molecule has 0 fully saturated rings. The van der Waals surface area contributed by atoms with Crippen LogP contribution in [0.3, 0.4) is 0 Å². The Morgan fingerprint density at radius 1 is 1.06 bits per heavy atom. The highest BCUT2D eigenvalue weighted by atomic mass is 32.1. The molecule has 2 aromatic carbocycles. The van der Waals surface area contributed by atoms with Gasteiger partial charge in [-0.1, -0.05) is 60.2 Å². The summed E-state index contributed by atoms with van der Waals surface area (Å²) in [6.07, 6.45) is 5.51. The van der Waals surface area contributed by atoms with Crippen molar-refractivity contribution >= 4 is 34.5 Å². The number of nitrogens with zero attached hydrogens (tertiary/aromatic N) is 3. The molecule has 0 saturated heterocycles. The monoisotopic (exact) mass is 450 g/mol. The minimum atomic E-state index is -0.0549. The number of thiophene rings is 1. The standard InChI is InChI=1S/C27H22N4OS/c1-19(15-20-7-3-2-4-8-20)17-29-22-10-5-9-21(16-22)24-12-13-28-27-23(18-30-31(24)27)26(32)25-11-6-14-33-25/h2-16,18,29H,17H2,1H3/b19-15+. The Hall–Kier alpha value is -4.03. The van der Waals surface area contributed by atoms with E-state index in [-0.39, 0.29) is 5.78 Å².